The summed E-state index contributed by atoms with van der Waals surface area (Å²) in [6, 6.07) is 11.3. The van der Waals surface area contributed by atoms with Crippen LogP contribution >= 0.6 is 11.8 Å². The van der Waals surface area contributed by atoms with Crippen LogP contribution in [0.3, 0.4) is 0 Å². The van der Waals surface area contributed by atoms with Crippen LogP contribution < -0.4 is 0 Å². The van der Waals surface area contributed by atoms with E-state index in [0.29, 0.717) is 11.0 Å². The molecule has 3 aromatic rings. The number of hydrogen-bond acceptors (Lipinski definition) is 5. The van der Waals surface area contributed by atoms with Crippen molar-refractivity contribution in [3.8, 4) is 17.1 Å². The third-order valence-corrected chi connectivity index (χ3v) is 4.25. The molecule has 136 valence electrons. The fraction of sp³-hybridized carbons (Fsp3) is 0.235. The SMILES string of the molecule is Cc1ccccc1-n1c(SCOCC(F)(F)F)nnc1-c1cccnc1. The van der Waals surface area contributed by atoms with Crippen molar-refractivity contribution in [2.75, 3.05) is 12.5 Å². The highest BCUT2D eigenvalue weighted by Gasteiger charge is 2.27. The van der Waals surface area contributed by atoms with Crippen LogP contribution in [-0.2, 0) is 4.74 Å². The number of halogens is 3. The first-order valence-electron chi connectivity index (χ1n) is 7.65. The number of pyridine rings is 1. The van der Waals surface area contributed by atoms with E-state index in [4.69, 9.17) is 0 Å². The average molecular weight is 380 g/mol. The van der Waals surface area contributed by atoms with Crippen LogP contribution in [0.2, 0.25) is 0 Å². The fourth-order valence-corrected chi connectivity index (χ4v) is 3.01. The maximum Gasteiger partial charge on any atom is 0.411 e. The minimum atomic E-state index is -4.36. The van der Waals surface area contributed by atoms with Gasteiger partial charge in [0.1, 0.15) is 12.5 Å². The van der Waals surface area contributed by atoms with Crippen LogP contribution in [0.15, 0.2) is 53.9 Å². The monoisotopic (exact) mass is 380 g/mol. The predicted molar refractivity (Wildman–Crippen MR) is 92.1 cm³/mol. The minimum Gasteiger partial charge on any atom is -0.361 e. The van der Waals surface area contributed by atoms with Crippen molar-refractivity contribution in [1.82, 2.24) is 19.7 Å². The Morgan fingerprint density at radius 3 is 2.62 bits per heavy atom. The van der Waals surface area contributed by atoms with Crippen molar-refractivity contribution in [3.63, 3.8) is 0 Å². The first-order chi connectivity index (χ1) is 12.5. The normalized spacial score (nSPS) is 11.7. The molecule has 0 aliphatic rings. The molecule has 0 aliphatic carbocycles. The molecule has 0 radical (unpaired) electrons. The van der Waals surface area contributed by atoms with Crippen molar-refractivity contribution in [2.45, 2.75) is 18.3 Å². The molecule has 0 unspecified atom stereocenters. The van der Waals surface area contributed by atoms with E-state index in [1.807, 2.05) is 37.3 Å². The van der Waals surface area contributed by atoms with Crippen molar-refractivity contribution < 1.29 is 17.9 Å². The zero-order valence-corrected chi connectivity index (χ0v) is 14.6. The van der Waals surface area contributed by atoms with E-state index >= 15 is 0 Å². The smallest absolute Gasteiger partial charge is 0.361 e. The molecule has 2 heterocycles. The second kappa shape index (κ2) is 7.88. The molecule has 0 saturated heterocycles. The maximum atomic E-state index is 12.2. The third kappa shape index (κ3) is 4.41. The summed E-state index contributed by atoms with van der Waals surface area (Å²) in [7, 11) is 0. The number of para-hydroxylation sites is 1. The number of aryl methyl sites for hydroxylation is 1. The molecule has 0 amide bonds. The number of alkyl halides is 3. The van der Waals surface area contributed by atoms with Gasteiger partial charge >= 0.3 is 6.18 Å². The first kappa shape index (κ1) is 18.4. The molecular weight excluding hydrogens is 365 g/mol. The second-order valence-corrected chi connectivity index (χ2v) is 6.29. The van der Waals surface area contributed by atoms with E-state index in [1.165, 1.54) is 0 Å². The van der Waals surface area contributed by atoms with Crippen LogP contribution in [0.5, 0.6) is 0 Å². The molecule has 2 aromatic heterocycles. The zero-order valence-electron chi connectivity index (χ0n) is 13.8. The molecule has 9 heteroatoms. The molecule has 26 heavy (non-hydrogen) atoms. The predicted octanol–water partition coefficient (Wildman–Crippen LogP) is 4.27. The number of aromatic nitrogens is 4. The molecule has 0 aliphatic heterocycles. The molecular formula is C17H15F3N4OS. The summed E-state index contributed by atoms with van der Waals surface area (Å²) >= 11 is 1.05. The molecule has 0 bridgehead atoms. The van der Waals surface area contributed by atoms with Crippen LogP contribution in [0, 0.1) is 6.92 Å². The first-order valence-corrected chi connectivity index (χ1v) is 8.63. The average Bonchev–Trinajstić information content (AvgIpc) is 3.03. The van der Waals surface area contributed by atoms with Crippen molar-refractivity contribution in [2.24, 2.45) is 0 Å². The Bertz CT molecular complexity index is 868. The van der Waals surface area contributed by atoms with Crippen molar-refractivity contribution in [1.29, 1.82) is 0 Å². The molecule has 5 nitrogen and oxygen atoms in total. The summed E-state index contributed by atoms with van der Waals surface area (Å²) in [5.41, 5.74) is 2.58. The van der Waals surface area contributed by atoms with Gasteiger partial charge in [0.2, 0.25) is 0 Å². The van der Waals surface area contributed by atoms with Gasteiger partial charge in [-0.05, 0) is 30.7 Å². The van der Waals surface area contributed by atoms with Gasteiger partial charge in [-0.1, -0.05) is 30.0 Å². The Kier molecular flexibility index (Phi) is 5.58. The lowest BCUT2D eigenvalue weighted by Gasteiger charge is -2.13. The molecule has 1 aromatic carbocycles. The highest BCUT2D eigenvalue weighted by molar-refractivity contribution is 7.99. The molecule has 3 rings (SSSR count). The Hall–Kier alpha value is -2.39. The van der Waals surface area contributed by atoms with Gasteiger partial charge in [-0.3, -0.25) is 9.55 Å². The van der Waals surface area contributed by atoms with Crippen molar-refractivity contribution in [3.05, 3.63) is 54.4 Å². The lowest BCUT2D eigenvalue weighted by molar-refractivity contribution is -0.168. The molecule has 0 fully saturated rings. The Morgan fingerprint density at radius 1 is 1.12 bits per heavy atom. The quantitative estimate of drug-likeness (QED) is 0.363. The summed E-state index contributed by atoms with van der Waals surface area (Å²) < 4.78 is 43.2. The van der Waals surface area contributed by atoms with Gasteiger partial charge in [0, 0.05) is 18.0 Å². The second-order valence-electron chi connectivity index (χ2n) is 5.40. The summed E-state index contributed by atoms with van der Waals surface area (Å²) in [6.07, 6.45) is -1.04. The summed E-state index contributed by atoms with van der Waals surface area (Å²) in [4.78, 5) is 4.09. The van der Waals surface area contributed by atoms with E-state index < -0.39 is 12.8 Å². The molecule has 0 spiro atoms. The van der Waals surface area contributed by atoms with Gasteiger partial charge in [0.15, 0.2) is 11.0 Å². The van der Waals surface area contributed by atoms with Gasteiger partial charge < -0.3 is 4.74 Å². The minimum absolute atomic E-state index is 0.184. The van der Waals surface area contributed by atoms with Gasteiger partial charge in [-0.25, -0.2) is 0 Å². The summed E-state index contributed by atoms with van der Waals surface area (Å²) in [5.74, 6) is 0.377. The van der Waals surface area contributed by atoms with Gasteiger partial charge in [0.25, 0.3) is 0 Å². The zero-order chi connectivity index (χ0) is 18.6. The van der Waals surface area contributed by atoms with Gasteiger partial charge in [0.05, 0.1) is 5.69 Å². The van der Waals surface area contributed by atoms with Crippen LogP contribution in [-0.4, -0.2) is 38.5 Å². The lowest BCUT2D eigenvalue weighted by Crippen LogP contribution is -2.16. The highest BCUT2D eigenvalue weighted by Crippen LogP contribution is 2.29. The molecule has 0 N–H and O–H groups in total. The van der Waals surface area contributed by atoms with E-state index in [-0.39, 0.29) is 5.94 Å². The van der Waals surface area contributed by atoms with Gasteiger partial charge in [-0.2, -0.15) is 13.2 Å². The molecule has 0 atom stereocenters. The van der Waals surface area contributed by atoms with E-state index in [2.05, 4.69) is 19.9 Å². The topological polar surface area (TPSA) is 52.8 Å². The Morgan fingerprint density at radius 2 is 1.92 bits per heavy atom. The Labute approximate surface area is 152 Å². The van der Waals surface area contributed by atoms with Crippen molar-refractivity contribution >= 4 is 11.8 Å². The number of rotatable bonds is 6. The fourth-order valence-electron chi connectivity index (χ4n) is 2.33. The van der Waals surface area contributed by atoms with E-state index in [9.17, 15) is 13.2 Å². The summed E-state index contributed by atoms with van der Waals surface area (Å²) in [6.45, 7) is 0.644. The standard InChI is InChI=1S/C17H15F3N4OS/c1-12-5-2-3-7-14(12)24-15(13-6-4-8-21-9-13)22-23-16(24)26-11-25-10-17(18,19)20/h2-9H,10-11H2,1H3. The van der Waals surface area contributed by atoms with Crippen LogP contribution in [0.4, 0.5) is 13.2 Å². The third-order valence-electron chi connectivity index (χ3n) is 3.45. The summed E-state index contributed by atoms with van der Waals surface area (Å²) in [5, 5.41) is 8.78. The number of ether oxygens (including phenoxy) is 1. The Balaban J connectivity index is 1.93. The number of thioether (sulfide) groups is 1. The van der Waals surface area contributed by atoms with Gasteiger partial charge in [-0.15, -0.1) is 10.2 Å². The highest BCUT2D eigenvalue weighted by atomic mass is 32.2. The maximum absolute atomic E-state index is 12.2. The number of nitrogens with zero attached hydrogens (tertiary/aromatic N) is 4. The van der Waals surface area contributed by atoms with E-state index in [0.717, 1.165) is 28.6 Å². The van der Waals surface area contributed by atoms with E-state index in [1.54, 1.807) is 23.0 Å². The number of benzene rings is 1. The lowest BCUT2D eigenvalue weighted by atomic mass is 10.2. The largest absolute Gasteiger partial charge is 0.411 e. The number of hydrogen-bond donors (Lipinski definition) is 0. The molecule has 0 saturated carbocycles. The van der Waals surface area contributed by atoms with Crippen LogP contribution in [0.25, 0.3) is 17.1 Å². The van der Waals surface area contributed by atoms with Crippen LogP contribution in [0.1, 0.15) is 5.56 Å².